The number of hydrogen-bond acceptors (Lipinski definition) is 6. The molecule has 0 spiro atoms. The van der Waals surface area contributed by atoms with E-state index in [0.717, 1.165) is 17.2 Å². The summed E-state index contributed by atoms with van der Waals surface area (Å²) in [6.45, 7) is 9.70. The van der Waals surface area contributed by atoms with Crippen LogP contribution in [0.25, 0.3) is 0 Å². The molecule has 4 unspecified atom stereocenters. The Morgan fingerprint density at radius 1 is 1.19 bits per heavy atom. The molecule has 0 radical (unpaired) electrons. The van der Waals surface area contributed by atoms with E-state index < -0.39 is 59.2 Å². The fourth-order valence-electron chi connectivity index (χ4n) is 6.29. The van der Waals surface area contributed by atoms with Crippen LogP contribution in [0.15, 0.2) is 36.5 Å². The van der Waals surface area contributed by atoms with E-state index in [-0.39, 0.29) is 24.0 Å². The molecule has 8 nitrogen and oxygen atoms in total. The summed E-state index contributed by atoms with van der Waals surface area (Å²) in [6.07, 6.45) is -4.46. The summed E-state index contributed by atoms with van der Waals surface area (Å²) in [4.78, 5) is 32.4. The van der Waals surface area contributed by atoms with Crippen molar-refractivity contribution in [1.29, 1.82) is 0 Å². The Bertz CT molecular complexity index is 1290. The number of aliphatic carboxylic acids is 1. The van der Waals surface area contributed by atoms with Crippen molar-refractivity contribution >= 4 is 11.9 Å². The predicted molar refractivity (Wildman–Crippen MR) is 148 cm³/mol. The Morgan fingerprint density at radius 3 is 2.43 bits per heavy atom. The average molecular weight is 593 g/mol. The van der Waals surface area contributed by atoms with E-state index in [0.29, 0.717) is 25.6 Å². The number of ether oxygens (including phenoxy) is 3. The second-order valence-electron chi connectivity index (χ2n) is 12.3. The number of carbonyl (C=O) groups excluding carboxylic acids is 1. The van der Waals surface area contributed by atoms with E-state index in [9.17, 15) is 27.9 Å². The minimum absolute atomic E-state index is 0.0329. The molecule has 5 atom stereocenters. The monoisotopic (exact) mass is 592 g/mol. The number of pyridine rings is 1. The minimum atomic E-state index is -4.63. The first-order valence-electron chi connectivity index (χ1n) is 14.1. The van der Waals surface area contributed by atoms with Crippen LogP contribution in [0, 0.1) is 11.3 Å². The van der Waals surface area contributed by atoms with Crippen LogP contribution in [0.4, 0.5) is 13.2 Å². The molecule has 0 saturated carbocycles. The lowest BCUT2D eigenvalue weighted by Gasteiger charge is -2.35. The molecule has 230 valence electrons. The van der Waals surface area contributed by atoms with Crippen molar-refractivity contribution in [3.05, 3.63) is 58.8 Å². The Labute approximate surface area is 244 Å². The molecule has 0 aliphatic carbocycles. The summed E-state index contributed by atoms with van der Waals surface area (Å²) in [7, 11) is 1.30. The lowest BCUT2D eigenvalue weighted by molar-refractivity contribution is -0.156. The Kier molecular flexibility index (Phi) is 9.22. The number of nitrogens with zero attached hydrogens (tertiary/aromatic N) is 2. The second-order valence-corrected chi connectivity index (χ2v) is 12.3. The Morgan fingerprint density at radius 2 is 1.88 bits per heavy atom. The third-order valence-corrected chi connectivity index (χ3v) is 8.13. The molecule has 1 aromatic heterocycles. The summed E-state index contributed by atoms with van der Waals surface area (Å²) in [5.74, 6) is -2.34. The van der Waals surface area contributed by atoms with Crippen LogP contribution in [0.2, 0.25) is 0 Å². The van der Waals surface area contributed by atoms with Gasteiger partial charge in [0, 0.05) is 24.3 Å². The van der Waals surface area contributed by atoms with Crippen LogP contribution in [0.3, 0.4) is 0 Å². The number of carbonyl (C=O) groups is 2. The summed E-state index contributed by atoms with van der Waals surface area (Å²) < 4.78 is 58.1. The maximum atomic E-state index is 14.1. The largest absolute Gasteiger partial charge is 0.481 e. The van der Waals surface area contributed by atoms with Gasteiger partial charge in [-0.2, -0.15) is 13.2 Å². The number of alkyl halides is 3. The third-order valence-electron chi connectivity index (χ3n) is 8.13. The van der Waals surface area contributed by atoms with Gasteiger partial charge in [0.25, 0.3) is 5.91 Å². The van der Waals surface area contributed by atoms with E-state index >= 15 is 0 Å². The number of halogens is 3. The molecule has 1 amide bonds. The van der Waals surface area contributed by atoms with E-state index in [1.165, 1.54) is 12.0 Å². The molecule has 1 aromatic carbocycles. The zero-order valence-corrected chi connectivity index (χ0v) is 24.8. The number of amides is 1. The van der Waals surface area contributed by atoms with Gasteiger partial charge in [-0.05, 0) is 41.4 Å². The van der Waals surface area contributed by atoms with Crippen molar-refractivity contribution < 1.29 is 42.1 Å². The number of rotatable bonds is 8. The quantitative estimate of drug-likeness (QED) is 0.402. The molecule has 2 saturated heterocycles. The lowest BCUT2D eigenvalue weighted by Crippen LogP contribution is -2.50. The Hall–Kier alpha value is -3.18. The smallest absolute Gasteiger partial charge is 0.417 e. The SMILES string of the molecule is COc1ncc(C(F)(F)F)cc1COC1C(c2ccccc2C(C)C)N(C(=O)[C@@H]2CCCO2)C(C(=O)O)C1C(C)(C)C. The maximum absolute atomic E-state index is 14.1. The van der Waals surface area contributed by atoms with Crippen molar-refractivity contribution in [2.75, 3.05) is 13.7 Å². The number of carboxylic acid groups (broad SMARTS) is 1. The highest BCUT2D eigenvalue weighted by Crippen LogP contribution is 2.51. The maximum Gasteiger partial charge on any atom is 0.417 e. The molecule has 2 fully saturated rings. The summed E-state index contributed by atoms with van der Waals surface area (Å²) in [6, 6.07) is 6.33. The Balaban J connectivity index is 1.89. The molecular weight excluding hydrogens is 553 g/mol. The molecule has 11 heteroatoms. The van der Waals surface area contributed by atoms with Crippen molar-refractivity contribution in [3.8, 4) is 5.88 Å². The standard InChI is InChI=1S/C31H39F3N2O6/c1-17(2)20-10-7-8-11-21(20)24-26(42-16-18-14-19(31(32,33)34)15-35-27(18)40-6)23(30(3,4)5)25(29(38)39)36(24)28(37)22-12-9-13-41-22/h7-8,10-11,14-15,17,22-26H,9,12-13,16H2,1-6H3,(H,38,39)/t22-,23?,24?,25?,26?/m0/s1. The minimum Gasteiger partial charge on any atom is -0.481 e. The first kappa shape index (κ1) is 31.7. The van der Waals surface area contributed by atoms with Crippen LogP contribution < -0.4 is 4.74 Å². The van der Waals surface area contributed by atoms with E-state index in [4.69, 9.17) is 14.2 Å². The van der Waals surface area contributed by atoms with Crippen molar-refractivity contribution in [2.24, 2.45) is 11.3 Å². The molecule has 2 aromatic rings. The summed E-state index contributed by atoms with van der Waals surface area (Å²) in [5, 5.41) is 10.6. The van der Waals surface area contributed by atoms with Gasteiger partial charge in [-0.1, -0.05) is 58.9 Å². The van der Waals surface area contributed by atoms with Crippen LogP contribution in [0.5, 0.6) is 5.88 Å². The normalized spacial score (nSPS) is 24.8. The van der Waals surface area contributed by atoms with Crippen LogP contribution in [-0.2, 0) is 31.8 Å². The number of benzene rings is 1. The van der Waals surface area contributed by atoms with Crippen molar-refractivity contribution in [3.63, 3.8) is 0 Å². The predicted octanol–water partition coefficient (Wildman–Crippen LogP) is 6.00. The molecule has 2 aliphatic heterocycles. The van der Waals surface area contributed by atoms with Crippen LogP contribution in [0.1, 0.15) is 81.7 Å². The fourth-order valence-corrected chi connectivity index (χ4v) is 6.29. The van der Waals surface area contributed by atoms with Gasteiger partial charge >= 0.3 is 12.1 Å². The van der Waals surface area contributed by atoms with Gasteiger partial charge in [0.1, 0.15) is 12.1 Å². The van der Waals surface area contributed by atoms with Crippen LogP contribution in [-0.4, -0.2) is 58.8 Å². The number of hydrogen-bond donors (Lipinski definition) is 1. The van der Waals surface area contributed by atoms with E-state index in [1.54, 1.807) is 0 Å². The van der Waals surface area contributed by atoms with Gasteiger partial charge in [0.05, 0.1) is 31.4 Å². The molecular formula is C31H39F3N2O6. The van der Waals surface area contributed by atoms with Crippen molar-refractivity contribution in [1.82, 2.24) is 9.88 Å². The van der Waals surface area contributed by atoms with Gasteiger partial charge in [0.2, 0.25) is 5.88 Å². The van der Waals surface area contributed by atoms with Gasteiger partial charge in [-0.25, -0.2) is 9.78 Å². The second kappa shape index (κ2) is 12.2. The molecule has 3 heterocycles. The van der Waals surface area contributed by atoms with Gasteiger partial charge in [-0.3, -0.25) is 4.79 Å². The number of carboxylic acids is 1. The number of methoxy groups -OCH3 is 1. The zero-order valence-electron chi connectivity index (χ0n) is 24.8. The summed E-state index contributed by atoms with van der Waals surface area (Å²) >= 11 is 0. The first-order valence-corrected chi connectivity index (χ1v) is 14.1. The molecule has 2 aliphatic rings. The highest BCUT2D eigenvalue weighted by Gasteiger charge is 2.60. The molecule has 1 N–H and O–H groups in total. The van der Waals surface area contributed by atoms with Gasteiger partial charge in [0.15, 0.2) is 0 Å². The zero-order chi connectivity index (χ0) is 31.0. The fraction of sp³-hybridized carbons (Fsp3) is 0.581. The molecule has 42 heavy (non-hydrogen) atoms. The first-order chi connectivity index (χ1) is 19.7. The van der Waals surface area contributed by atoms with Gasteiger partial charge in [-0.15, -0.1) is 0 Å². The number of likely N-dealkylation sites (tertiary alicyclic amines) is 1. The summed E-state index contributed by atoms with van der Waals surface area (Å²) in [5.41, 5.74) is 0.0717. The lowest BCUT2D eigenvalue weighted by atomic mass is 9.73. The number of aromatic nitrogens is 1. The molecule has 0 bridgehead atoms. The van der Waals surface area contributed by atoms with Gasteiger partial charge < -0.3 is 24.2 Å². The van der Waals surface area contributed by atoms with E-state index in [2.05, 4.69) is 4.98 Å². The topological polar surface area (TPSA) is 98.2 Å². The molecule has 4 rings (SSSR count). The third kappa shape index (κ3) is 6.27. The highest BCUT2D eigenvalue weighted by molar-refractivity contribution is 5.88. The highest BCUT2D eigenvalue weighted by atomic mass is 19.4. The van der Waals surface area contributed by atoms with E-state index in [1.807, 2.05) is 58.9 Å². The average Bonchev–Trinajstić information content (AvgIpc) is 3.57. The van der Waals surface area contributed by atoms with Crippen molar-refractivity contribution in [2.45, 2.75) is 90.5 Å². The van der Waals surface area contributed by atoms with Crippen LogP contribution >= 0.6 is 0 Å².